The lowest BCUT2D eigenvalue weighted by Crippen LogP contribution is -2.31. The Balaban J connectivity index is 2.14. The molecule has 128 valence electrons. The van der Waals surface area contributed by atoms with E-state index in [4.69, 9.17) is 0 Å². The Morgan fingerprint density at radius 2 is 1.67 bits per heavy atom. The highest BCUT2D eigenvalue weighted by atomic mass is 32.2. The topological polar surface area (TPSA) is 95.5 Å². The monoisotopic (exact) mass is 348 g/mol. The molecule has 0 bridgehead atoms. The second-order valence-corrected chi connectivity index (χ2v) is 7.21. The van der Waals surface area contributed by atoms with E-state index in [0.29, 0.717) is 11.1 Å². The molecule has 24 heavy (non-hydrogen) atoms. The van der Waals surface area contributed by atoms with Gasteiger partial charge in [-0.15, -0.1) is 0 Å². The molecule has 0 unspecified atom stereocenters. The summed E-state index contributed by atoms with van der Waals surface area (Å²) < 4.78 is 26.0. The second-order valence-electron chi connectivity index (χ2n) is 5.32. The van der Waals surface area contributed by atoms with E-state index in [1.54, 1.807) is 49.4 Å². The van der Waals surface area contributed by atoms with Crippen LogP contribution in [-0.4, -0.2) is 26.5 Å². The molecule has 0 aliphatic rings. The van der Waals surface area contributed by atoms with Crippen LogP contribution in [0.5, 0.6) is 0 Å². The first-order valence-corrected chi connectivity index (χ1v) is 8.90. The van der Waals surface area contributed by atoms with Gasteiger partial charge in [0.1, 0.15) is 0 Å². The van der Waals surface area contributed by atoms with Gasteiger partial charge in [0.25, 0.3) is 5.91 Å². The van der Waals surface area contributed by atoms with Crippen molar-refractivity contribution in [1.29, 1.82) is 0 Å². The number of carbonyl (C=O) groups is 1. The van der Waals surface area contributed by atoms with Gasteiger partial charge in [-0.25, -0.2) is 13.1 Å². The van der Waals surface area contributed by atoms with Crippen LogP contribution in [0.25, 0.3) is 0 Å². The standard InChI is InChI=1S/C17H20N2O4S/c1-12(14-9-6-10-15(11-14)24(22,23)18-2)19-17(21)16(20)13-7-4-3-5-8-13/h3-12,16,18,20H,1-2H3,(H,19,21)/t12-,16-/m1/s1. The second kappa shape index (κ2) is 7.57. The first-order valence-electron chi connectivity index (χ1n) is 7.42. The highest BCUT2D eigenvalue weighted by molar-refractivity contribution is 7.89. The molecule has 0 aliphatic carbocycles. The molecular weight excluding hydrogens is 328 g/mol. The van der Waals surface area contributed by atoms with Crippen molar-refractivity contribution in [3.8, 4) is 0 Å². The van der Waals surface area contributed by atoms with Crippen LogP contribution in [0.3, 0.4) is 0 Å². The summed E-state index contributed by atoms with van der Waals surface area (Å²) in [4.78, 5) is 12.3. The number of aliphatic hydroxyl groups excluding tert-OH is 1. The highest BCUT2D eigenvalue weighted by Gasteiger charge is 2.20. The third-order valence-electron chi connectivity index (χ3n) is 3.66. The fourth-order valence-corrected chi connectivity index (χ4v) is 3.02. The molecule has 0 radical (unpaired) electrons. The fourth-order valence-electron chi connectivity index (χ4n) is 2.23. The van der Waals surface area contributed by atoms with Crippen LogP contribution in [0.15, 0.2) is 59.5 Å². The van der Waals surface area contributed by atoms with Gasteiger partial charge in [-0.05, 0) is 37.2 Å². The molecule has 2 aromatic carbocycles. The van der Waals surface area contributed by atoms with Crippen molar-refractivity contribution in [3.63, 3.8) is 0 Å². The number of hydrogen-bond donors (Lipinski definition) is 3. The normalized spacial score (nSPS) is 14.0. The smallest absolute Gasteiger partial charge is 0.253 e. The van der Waals surface area contributed by atoms with E-state index in [2.05, 4.69) is 10.0 Å². The largest absolute Gasteiger partial charge is 0.378 e. The van der Waals surface area contributed by atoms with Crippen LogP contribution >= 0.6 is 0 Å². The zero-order valence-corrected chi connectivity index (χ0v) is 14.2. The van der Waals surface area contributed by atoms with Crippen molar-refractivity contribution >= 4 is 15.9 Å². The molecule has 0 saturated heterocycles. The van der Waals surface area contributed by atoms with Crippen molar-refractivity contribution in [3.05, 3.63) is 65.7 Å². The van der Waals surface area contributed by atoms with E-state index in [1.807, 2.05) is 0 Å². The number of sulfonamides is 1. The average molecular weight is 348 g/mol. The lowest BCUT2D eigenvalue weighted by atomic mass is 10.1. The SMILES string of the molecule is CNS(=O)(=O)c1cccc([C@@H](C)NC(=O)[C@H](O)c2ccccc2)c1. The molecule has 0 aromatic heterocycles. The lowest BCUT2D eigenvalue weighted by molar-refractivity contribution is -0.130. The maximum atomic E-state index is 12.2. The number of hydrogen-bond acceptors (Lipinski definition) is 4. The predicted molar refractivity (Wildman–Crippen MR) is 90.6 cm³/mol. The molecule has 0 saturated carbocycles. The van der Waals surface area contributed by atoms with Gasteiger partial charge in [-0.1, -0.05) is 42.5 Å². The number of amides is 1. The van der Waals surface area contributed by atoms with E-state index in [0.717, 1.165) is 0 Å². The Kier molecular flexibility index (Phi) is 5.71. The van der Waals surface area contributed by atoms with Crippen LogP contribution in [-0.2, 0) is 14.8 Å². The predicted octanol–water partition coefficient (Wildman–Crippen LogP) is 1.51. The van der Waals surface area contributed by atoms with Crippen molar-refractivity contribution < 1.29 is 18.3 Å². The Labute approximate surface area is 141 Å². The molecule has 2 rings (SSSR count). The van der Waals surface area contributed by atoms with Gasteiger partial charge in [0.05, 0.1) is 10.9 Å². The molecule has 0 heterocycles. The van der Waals surface area contributed by atoms with Gasteiger partial charge in [0, 0.05) is 0 Å². The third kappa shape index (κ3) is 4.19. The first kappa shape index (κ1) is 18.1. The maximum Gasteiger partial charge on any atom is 0.253 e. The van der Waals surface area contributed by atoms with Gasteiger partial charge >= 0.3 is 0 Å². The fraction of sp³-hybridized carbons (Fsp3) is 0.235. The van der Waals surface area contributed by atoms with E-state index in [1.165, 1.54) is 19.2 Å². The van der Waals surface area contributed by atoms with E-state index < -0.39 is 28.1 Å². The Morgan fingerprint density at radius 3 is 2.29 bits per heavy atom. The van der Waals surface area contributed by atoms with Crippen LogP contribution in [0.1, 0.15) is 30.2 Å². The van der Waals surface area contributed by atoms with Gasteiger partial charge < -0.3 is 10.4 Å². The van der Waals surface area contributed by atoms with Gasteiger partial charge in [0.15, 0.2) is 6.10 Å². The highest BCUT2D eigenvalue weighted by Crippen LogP contribution is 2.19. The van der Waals surface area contributed by atoms with E-state index in [-0.39, 0.29) is 4.90 Å². The van der Waals surface area contributed by atoms with Crippen LogP contribution in [0.2, 0.25) is 0 Å². The maximum absolute atomic E-state index is 12.2. The van der Waals surface area contributed by atoms with Crippen molar-refractivity contribution in [2.75, 3.05) is 7.05 Å². The molecule has 2 atom stereocenters. The average Bonchev–Trinajstić information content (AvgIpc) is 2.61. The van der Waals surface area contributed by atoms with Gasteiger partial charge in [-0.2, -0.15) is 0 Å². The summed E-state index contributed by atoms with van der Waals surface area (Å²) in [7, 11) is -2.22. The number of aliphatic hydroxyl groups is 1. The van der Waals surface area contributed by atoms with E-state index in [9.17, 15) is 18.3 Å². The van der Waals surface area contributed by atoms with Gasteiger partial charge in [-0.3, -0.25) is 4.79 Å². The number of carbonyl (C=O) groups excluding carboxylic acids is 1. The zero-order valence-electron chi connectivity index (χ0n) is 13.4. The Morgan fingerprint density at radius 1 is 1.04 bits per heavy atom. The zero-order chi connectivity index (χ0) is 17.7. The molecule has 3 N–H and O–H groups in total. The van der Waals surface area contributed by atoms with Crippen molar-refractivity contribution in [2.45, 2.75) is 24.0 Å². The molecule has 7 heteroatoms. The summed E-state index contributed by atoms with van der Waals surface area (Å²) in [6, 6.07) is 14.4. The Hall–Kier alpha value is -2.22. The summed E-state index contributed by atoms with van der Waals surface area (Å²) in [6.07, 6.45) is -1.28. The Bertz CT molecular complexity index is 806. The number of rotatable bonds is 6. The molecular formula is C17H20N2O4S. The quantitative estimate of drug-likeness (QED) is 0.737. The van der Waals surface area contributed by atoms with E-state index >= 15 is 0 Å². The summed E-state index contributed by atoms with van der Waals surface area (Å²) in [5, 5.41) is 12.8. The van der Waals surface area contributed by atoms with Crippen LogP contribution in [0, 0.1) is 0 Å². The third-order valence-corrected chi connectivity index (χ3v) is 5.07. The summed E-state index contributed by atoms with van der Waals surface area (Å²) >= 11 is 0. The molecule has 6 nitrogen and oxygen atoms in total. The molecule has 2 aromatic rings. The van der Waals surface area contributed by atoms with Crippen molar-refractivity contribution in [1.82, 2.24) is 10.0 Å². The van der Waals surface area contributed by atoms with Crippen LogP contribution in [0.4, 0.5) is 0 Å². The number of benzene rings is 2. The number of nitrogens with one attached hydrogen (secondary N) is 2. The lowest BCUT2D eigenvalue weighted by Gasteiger charge is -2.18. The van der Waals surface area contributed by atoms with Gasteiger partial charge in [0.2, 0.25) is 10.0 Å². The summed E-state index contributed by atoms with van der Waals surface area (Å²) in [6.45, 7) is 1.72. The molecule has 0 fully saturated rings. The molecule has 0 spiro atoms. The molecule has 1 amide bonds. The summed E-state index contributed by atoms with van der Waals surface area (Å²) in [5.41, 5.74) is 1.12. The minimum atomic E-state index is -3.55. The first-order chi connectivity index (χ1) is 11.3. The van der Waals surface area contributed by atoms with Crippen LogP contribution < -0.4 is 10.0 Å². The minimum Gasteiger partial charge on any atom is -0.378 e. The molecule has 0 aliphatic heterocycles. The van der Waals surface area contributed by atoms with Crippen molar-refractivity contribution in [2.24, 2.45) is 0 Å². The summed E-state index contributed by atoms with van der Waals surface area (Å²) in [5.74, 6) is -0.546. The minimum absolute atomic E-state index is 0.118.